The molecule has 0 aliphatic heterocycles. The summed E-state index contributed by atoms with van der Waals surface area (Å²) in [6, 6.07) is 10.0. The Hall–Kier alpha value is 0.810. The fourth-order valence-corrected chi connectivity index (χ4v) is 4.00. The van der Waals surface area contributed by atoms with Crippen LogP contribution >= 0.6 is 67.4 Å². The zero-order valence-electron chi connectivity index (χ0n) is 8.54. The SMILES string of the molecule is Clc1ccc(-c2cc(Br)sc2COPI)cc1. The maximum Gasteiger partial charge on any atom is 0.0865 e. The minimum absolute atomic E-state index is 0.485. The Morgan fingerprint density at radius 3 is 2.71 bits per heavy atom. The molecule has 2 aromatic rings. The summed E-state index contributed by atoms with van der Waals surface area (Å²) in [5.41, 5.74) is 2.39. The molecule has 1 aromatic carbocycles. The number of benzene rings is 1. The molecule has 2 rings (SSSR count). The van der Waals surface area contributed by atoms with Crippen LogP contribution in [0.25, 0.3) is 11.1 Å². The first-order valence-electron chi connectivity index (χ1n) is 4.72. The van der Waals surface area contributed by atoms with Gasteiger partial charge in [0.15, 0.2) is 0 Å². The Morgan fingerprint density at radius 1 is 1.35 bits per heavy atom. The van der Waals surface area contributed by atoms with Crippen LogP contribution in [0, 0.1) is 0 Å². The summed E-state index contributed by atoms with van der Waals surface area (Å²) in [7, 11) is 0. The van der Waals surface area contributed by atoms with Gasteiger partial charge in [-0.1, -0.05) is 23.7 Å². The second-order valence-electron chi connectivity index (χ2n) is 3.26. The molecule has 0 saturated heterocycles. The molecular formula is C11H8BrClIOPS. The first-order valence-corrected chi connectivity index (χ1v) is 10.7. The van der Waals surface area contributed by atoms with Crippen molar-refractivity contribution in [1.29, 1.82) is 0 Å². The van der Waals surface area contributed by atoms with Gasteiger partial charge in [0.05, 0.1) is 16.8 Å². The Kier molecular flexibility index (Phi) is 5.71. The highest BCUT2D eigenvalue weighted by atomic mass is 127. The summed E-state index contributed by atoms with van der Waals surface area (Å²) >= 11 is 13.4. The van der Waals surface area contributed by atoms with E-state index in [-0.39, 0.29) is 0 Å². The van der Waals surface area contributed by atoms with E-state index in [4.69, 9.17) is 16.1 Å². The van der Waals surface area contributed by atoms with Crippen LogP contribution < -0.4 is 0 Å². The van der Waals surface area contributed by atoms with E-state index in [2.05, 4.69) is 44.0 Å². The number of halogens is 3. The van der Waals surface area contributed by atoms with Gasteiger partial charge in [-0.25, -0.2) is 0 Å². The molecule has 1 nitrogen and oxygen atoms in total. The van der Waals surface area contributed by atoms with Crippen LogP contribution in [0.15, 0.2) is 34.1 Å². The van der Waals surface area contributed by atoms with E-state index in [1.807, 2.05) is 24.3 Å². The van der Waals surface area contributed by atoms with Gasteiger partial charge in [0.2, 0.25) is 0 Å². The van der Waals surface area contributed by atoms with E-state index in [0.717, 1.165) is 8.81 Å². The van der Waals surface area contributed by atoms with Crippen molar-refractivity contribution >= 4 is 67.4 Å². The third-order valence-corrected chi connectivity index (χ3v) is 5.24. The number of rotatable bonds is 4. The van der Waals surface area contributed by atoms with Crippen molar-refractivity contribution in [1.82, 2.24) is 0 Å². The Balaban J connectivity index is 2.33. The van der Waals surface area contributed by atoms with E-state index in [0.29, 0.717) is 13.1 Å². The van der Waals surface area contributed by atoms with Crippen molar-refractivity contribution in [2.45, 2.75) is 6.61 Å². The molecule has 0 spiro atoms. The van der Waals surface area contributed by atoms with Gasteiger partial charge in [0.1, 0.15) is 0 Å². The number of thiophene rings is 1. The molecule has 0 N–H and O–H groups in total. The maximum absolute atomic E-state index is 5.90. The second-order valence-corrected chi connectivity index (χ2v) is 7.98. The zero-order chi connectivity index (χ0) is 12.3. The summed E-state index contributed by atoms with van der Waals surface area (Å²) in [5.74, 6) is 0. The molecule has 17 heavy (non-hydrogen) atoms. The average molecular weight is 461 g/mol. The minimum atomic E-state index is 0.485. The van der Waals surface area contributed by atoms with Gasteiger partial charge >= 0.3 is 0 Å². The van der Waals surface area contributed by atoms with Crippen LogP contribution in [-0.2, 0) is 11.1 Å². The van der Waals surface area contributed by atoms with Crippen LogP contribution in [0.2, 0.25) is 5.02 Å². The Labute approximate surface area is 132 Å². The molecule has 1 aromatic heterocycles. The molecule has 1 heterocycles. The number of hydrogen-bond donors (Lipinski definition) is 0. The predicted molar refractivity (Wildman–Crippen MR) is 89.6 cm³/mol. The molecule has 90 valence electrons. The quantitative estimate of drug-likeness (QED) is 0.384. The standard InChI is InChI=1S/C11H8BrClIOPS/c12-11-5-9(10(17-11)6-15-16-14)7-1-3-8(13)4-2-7/h1-5,16H,6H2. The highest BCUT2D eigenvalue weighted by Crippen LogP contribution is 2.37. The fourth-order valence-electron chi connectivity index (χ4n) is 1.47. The smallest absolute Gasteiger partial charge is 0.0865 e. The van der Waals surface area contributed by atoms with E-state index >= 15 is 0 Å². The van der Waals surface area contributed by atoms with E-state index in [1.54, 1.807) is 11.3 Å². The monoisotopic (exact) mass is 460 g/mol. The molecule has 0 fully saturated rings. The van der Waals surface area contributed by atoms with Gasteiger partial charge in [0.25, 0.3) is 0 Å². The Bertz CT molecular complexity index is 503. The lowest BCUT2D eigenvalue weighted by molar-refractivity contribution is 0.365. The van der Waals surface area contributed by atoms with Gasteiger partial charge in [0, 0.05) is 9.90 Å². The van der Waals surface area contributed by atoms with E-state index in [9.17, 15) is 0 Å². The predicted octanol–water partition coefficient (Wildman–Crippen LogP) is 6.29. The molecule has 0 amide bonds. The van der Waals surface area contributed by atoms with Gasteiger partial charge in [-0.05, 0) is 67.3 Å². The summed E-state index contributed by atoms with van der Waals surface area (Å²) in [6.45, 7) is 1.15. The first kappa shape index (κ1) is 14.2. The molecule has 0 radical (unpaired) electrons. The van der Waals surface area contributed by atoms with Gasteiger partial charge in [-0.15, -0.1) is 11.3 Å². The van der Waals surface area contributed by atoms with Crippen LogP contribution in [0.1, 0.15) is 4.88 Å². The first-order chi connectivity index (χ1) is 8.20. The normalized spacial score (nSPS) is 11.5. The van der Waals surface area contributed by atoms with E-state index in [1.165, 1.54) is 16.0 Å². The lowest BCUT2D eigenvalue weighted by Gasteiger charge is -2.03. The lowest BCUT2D eigenvalue weighted by Crippen LogP contribution is -1.83. The summed E-state index contributed by atoms with van der Waals surface area (Å²) in [6.07, 6.45) is 0. The Morgan fingerprint density at radius 2 is 2.06 bits per heavy atom. The molecular weight excluding hydrogens is 453 g/mol. The third kappa shape index (κ3) is 3.88. The number of hydrogen-bond acceptors (Lipinski definition) is 2. The summed E-state index contributed by atoms with van der Waals surface area (Å²) < 4.78 is 6.62. The van der Waals surface area contributed by atoms with Crippen molar-refractivity contribution in [2.24, 2.45) is 0 Å². The van der Waals surface area contributed by atoms with Gasteiger partial charge in [-0.2, -0.15) is 0 Å². The van der Waals surface area contributed by atoms with Crippen molar-refractivity contribution < 1.29 is 4.52 Å². The van der Waals surface area contributed by atoms with Crippen molar-refractivity contribution in [3.05, 3.63) is 44.0 Å². The van der Waals surface area contributed by atoms with Crippen molar-refractivity contribution in [3.63, 3.8) is 0 Å². The second kappa shape index (κ2) is 6.83. The molecule has 0 aliphatic carbocycles. The van der Waals surface area contributed by atoms with Crippen LogP contribution in [0.4, 0.5) is 0 Å². The zero-order valence-corrected chi connectivity index (χ0v) is 14.9. The maximum atomic E-state index is 5.90. The lowest BCUT2D eigenvalue weighted by atomic mass is 10.1. The highest BCUT2D eigenvalue weighted by Gasteiger charge is 2.10. The van der Waals surface area contributed by atoms with Crippen LogP contribution in [0.3, 0.4) is 0 Å². The molecule has 0 aliphatic rings. The summed E-state index contributed by atoms with van der Waals surface area (Å²) in [4.78, 5) is 1.24. The largest absolute Gasteiger partial charge is 0.346 e. The fraction of sp³-hybridized carbons (Fsp3) is 0.0909. The minimum Gasteiger partial charge on any atom is -0.346 e. The van der Waals surface area contributed by atoms with Crippen molar-refractivity contribution in [3.8, 4) is 11.1 Å². The third-order valence-electron chi connectivity index (χ3n) is 2.19. The van der Waals surface area contributed by atoms with Crippen LogP contribution in [0.5, 0.6) is 0 Å². The molecule has 0 bridgehead atoms. The molecule has 0 saturated carbocycles. The molecule has 6 heteroatoms. The molecule has 1 atom stereocenters. The van der Waals surface area contributed by atoms with Gasteiger partial charge in [-0.3, -0.25) is 0 Å². The van der Waals surface area contributed by atoms with Crippen LogP contribution in [-0.4, -0.2) is 0 Å². The summed E-state index contributed by atoms with van der Waals surface area (Å²) in [5, 5.41) is 0.759. The van der Waals surface area contributed by atoms with Gasteiger partial charge < -0.3 is 4.52 Å². The highest BCUT2D eigenvalue weighted by molar-refractivity contribution is 14.2. The topological polar surface area (TPSA) is 9.23 Å². The molecule has 1 unspecified atom stereocenters. The van der Waals surface area contributed by atoms with E-state index < -0.39 is 0 Å². The van der Waals surface area contributed by atoms with Crippen molar-refractivity contribution in [2.75, 3.05) is 0 Å². The average Bonchev–Trinajstić information content (AvgIpc) is 2.69.